The Hall–Kier alpha value is -3.96. The Labute approximate surface area is 149 Å². The van der Waals surface area contributed by atoms with Gasteiger partial charge < -0.3 is 14.1 Å². The number of fused-ring (bicyclic) bond motifs is 1. The monoisotopic (exact) mass is 339 g/mol. The van der Waals surface area contributed by atoms with Crippen LogP contribution in [0.4, 0.5) is 0 Å². The summed E-state index contributed by atoms with van der Waals surface area (Å²) >= 11 is 0. The molecule has 26 heavy (non-hydrogen) atoms. The highest BCUT2D eigenvalue weighted by molar-refractivity contribution is 5.96. The first-order chi connectivity index (χ1) is 12.6. The highest BCUT2D eigenvalue weighted by Crippen LogP contribution is 2.38. The standard InChI is InChI=1S/C21H13N3O2/c1-13-2-7-17-18(12-23)20(21-14(11-22)8-9-26-21)24(19(17)10-13)15-3-5-16(25)6-4-15/h2-10,25H,1H3. The van der Waals surface area contributed by atoms with Crippen molar-refractivity contribution < 1.29 is 9.52 Å². The van der Waals surface area contributed by atoms with Crippen molar-refractivity contribution in [1.29, 1.82) is 10.5 Å². The molecule has 0 aliphatic rings. The lowest BCUT2D eigenvalue weighted by Crippen LogP contribution is -1.98. The molecule has 2 aromatic carbocycles. The summed E-state index contributed by atoms with van der Waals surface area (Å²) in [7, 11) is 0. The molecule has 2 heterocycles. The van der Waals surface area contributed by atoms with E-state index in [1.807, 2.05) is 29.7 Å². The Kier molecular flexibility index (Phi) is 3.49. The van der Waals surface area contributed by atoms with Crippen molar-refractivity contribution in [3.8, 4) is 35.0 Å². The zero-order chi connectivity index (χ0) is 18.3. The largest absolute Gasteiger partial charge is 0.508 e. The number of phenols is 1. The fraction of sp³-hybridized carbons (Fsp3) is 0.0476. The zero-order valence-electron chi connectivity index (χ0n) is 13.9. The summed E-state index contributed by atoms with van der Waals surface area (Å²) in [5.74, 6) is 0.505. The molecular weight excluding hydrogens is 326 g/mol. The molecule has 5 heteroatoms. The van der Waals surface area contributed by atoms with Crippen LogP contribution in [0.5, 0.6) is 5.75 Å². The molecule has 0 spiro atoms. The molecule has 0 aliphatic carbocycles. The highest BCUT2D eigenvalue weighted by Gasteiger charge is 2.24. The van der Waals surface area contributed by atoms with E-state index in [1.54, 1.807) is 30.3 Å². The summed E-state index contributed by atoms with van der Waals surface area (Å²) in [4.78, 5) is 0. The number of phenolic OH excluding ortho intramolecular Hbond substituents is 1. The van der Waals surface area contributed by atoms with Gasteiger partial charge >= 0.3 is 0 Å². The van der Waals surface area contributed by atoms with Gasteiger partial charge in [0.05, 0.1) is 22.9 Å². The van der Waals surface area contributed by atoms with E-state index in [9.17, 15) is 15.6 Å². The van der Waals surface area contributed by atoms with Crippen molar-refractivity contribution in [2.24, 2.45) is 0 Å². The molecule has 0 saturated heterocycles. The van der Waals surface area contributed by atoms with E-state index >= 15 is 0 Å². The fourth-order valence-corrected chi connectivity index (χ4v) is 3.18. The average Bonchev–Trinajstić information content (AvgIpc) is 3.23. The number of benzene rings is 2. The number of hydrogen-bond acceptors (Lipinski definition) is 4. The van der Waals surface area contributed by atoms with Crippen LogP contribution in [0, 0.1) is 29.6 Å². The summed E-state index contributed by atoms with van der Waals surface area (Å²) in [6.07, 6.45) is 1.44. The molecule has 124 valence electrons. The number of aromatic hydroxyl groups is 1. The number of furan rings is 1. The SMILES string of the molecule is Cc1ccc2c(C#N)c(-c3occc3C#N)n(-c3ccc(O)cc3)c2c1. The van der Waals surface area contributed by atoms with E-state index in [0.29, 0.717) is 22.6 Å². The first-order valence-electron chi connectivity index (χ1n) is 7.96. The molecular formula is C21H13N3O2. The quantitative estimate of drug-likeness (QED) is 0.576. The molecule has 2 aromatic heterocycles. The van der Waals surface area contributed by atoms with Gasteiger partial charge in [-0.25, -0.2) is 0 Å². The molecule has 4 aromatic rings. The Morgan fingerprint density at radius 3 is 2.46 bits per heavy atom. The molecule has 4 rings (SSSR count). The summed E-state index contributed by atoms with van der Waals surface area (Å²) in [5, 5.41) is 29.6. The highest BCUT2D eigenvalue weighted by atomic mass is 16.3. The lowest BCUT2D eigenvalue weighted by molar-refractivity contribution is 0.475. The molecule has 0 aliphatic heterocycles. The van der Waals surface area contributed by atoms with Crippen LogP contribution in [-0.2, 0) is 0 Å². The number of aryl methyl sites for hydroxylation is 1. The number of hydrogen-bond donors (Lipinski definition) is 1. The normalized spacial score (nSPS) is 10.6. The number of nitriles is 2. The van der Waals surface area contributed by atoms with Gasteiger partial charge in [-0.2, -0.15) is 10.5 Å². The Morgan fingerprint density at radius 1 is 1.00 bits per heavy atom. The van der Waals surface area contributed by atoms with Crippen LogP contribution in [0.2, 0.25) is 0 Å². The first kappa shape index (κ1) is 15.6. The summed E-state index contributed by atoms with van der Waals surface area (Å²) in [6.45, 7) is 1.98. The van der Waals surface area contributed by atoms with Crippen molar-refractivity contribution in [3.05, 3.63) is 71.5 Å². The van der Waals surface area contributed by atoms with Gasteiger partial charge in [0.1, 0.15) is 23.6 Å². The van der Waals surface area contributed by atoms with E-state index in [1.165, 1.54) is 6.26 Å². The third-order valence-electron chi connectivity index (χ3n) is 4.34. The second-order valence-corrected chi connectivity index (χ2v) is 5.98. The maximum absolute atomic E-state index is 9.82. The van der Waals surface area contributed by atoms with Gasteiger partial charge in [-0.1, -0.05) is 12.1 Å². The predicted octanol–water partition coefficient (Wildman–Crippen LogP) is 4.65. The van der Waals surface area contributed by atoms with Gasteiger partial charge in [0, 0.05) is 11.1 Å². The van der Waals surface area contributed by atoms with E-state index in [-0.39, 0.29) is 5.75 Å². The van der Waals surface area contributed by atoms with Crippen LogP contribution >= 0.6 is 0 Å². The maximum atomic E-state index is 9.82. The second kappa shape index (κ2) is 5.84. The summed E-state index contributed by atoms with van der Waals surface area (Å²) in [6, 6.07) is 18.5. The second-order valence-electron chi connectivity index (χ2n) is 5.98. The van der Waals surface area contributed by atoms with Gasteiger partial charge in [0.25, 0.3) is 0 Å². The summed E-state index contributed by atoms with van der Waals surface area (Å²) < 4.78 is 7.47. The smallest absolute Gasteiger partial charge is 0.169 e. The van der Waals surface area contributed by atoms with Gasteiger partial charge in [0.15, 0.2) is 5.76 Å². The lowest BCUT2D eigenvalue weighted by Gasteiger charge is -2.10. The van der Waals surface area contributed by atoms with Gasteiger partial charge in [-0.15, -0.1) is 0 Å². The predicted molar refractivity (Wildman–Crippen MR) is 96.8 cm³/mol. The third-order valence-corrected chi connectivity index (χ3v) is 4.34. The summed E-state index contributed by atoms with van der Waals surface area (Å²) in [5.41, 5.74) is 3.98. The lowest BCUT2D eigenvalue weighted by atomic mass is 10.1. The zero-order valence-corrected chi connectivity index (χ0v) is 13.9. The molecule has 5 nitrogen and oxygen atoms in total. The van der Waals surface area contributed by atoms with Crippen molar-refractivity contribution in [3.63, 3.8) is 0 Å². The van der Waals surface area contributed by atoms with Crippen LogP contribution in [0.25, 0.3) is 28.0 Å². The van der Waals surface area contributed by atoms with Crippen molar-refractivity contribution in [2.45, 2.75) is 6.92 Å². The molecule has 0 atom stereocenters. The van der Waals surface area contributed by atoms with Gasteiger partial charge in [-0.3, -0.25) is 0 Å². The Morgan fingerprint density at radius 2 is 1.77 bits per heavy atom. The number of nitrogens with zero attached hydrogens (tertiary/aromatic N) is 3. The topological polar surface area (TPSA) is 85.9 Å². The van der Waals surface area contributed by atoms with E-state index in [0.717, 1.165) is 22.2 Å². The molecule has 0 bridgehead atoms. The van der Waals surface area contributed by atoms with Crippen LogP contribution < -0.4 is 0 Å². The fourth-order valence-electron chi connectivity index (χ4n) is 3.18. The van der Waals surface area contributed by atoms with Crippen LogP contribution in [0.1, 0.15) is 16.7 Å². The molecule has 0 unspecified atom stereocenters. The van der Waals surface area contributed by atoms with Crippen molar-refractivity contribution in [1.82, 2.24) is 4.57 Å². The molecule has 0 amide bonds. The van der Waals surface area contributed by atoms with Crippen molar-refractivity contribution in [2.75, 3.05) is 0 Å². The number of rotatable bonds is 2. The Bertz CT molecular complexity index is 1220. The molecule has 0 fully saturated rings. The van der Waals surface area contributed by atoms with Gasteiger partial charge in [0.2, 0.25) is 0 Å². The first-order valence-corrected chi connectivity index (χ1v) is 7.96. The van der Waals surface area contributed by atoms with Crippen molar-refractivity contribution >= 4 is 10.9 Å². The third kappa shape index (κ3) is 2.23. The van der Waals surface area contributed by atoms with Crippen LogP contribution in [0.15, 0.2) is 59.2 Å². The molecule has 1 N–H and O–H groups in total. The maximum Gasteiger partial charge on any atom is 0.169 e. The van der Waals surface area contributed by atoms with E-state index < -0.39 is 0 Å². The van der Waals surface area contributed by atoms with Crippen LogP contribution in [-0.4, -0.2) is 9.67 Å². The molecule has 0 saturated carbocycles. The minimum absolute atomic E-state index is 0.152. The number of aromatic nitrogens is 1. The van der Waals surface area contributed by atoms with Crippen LogP contribution in [0.3, 0.4) is 0 Å². The van der Waals surface area contributed by atoms with E-state index in [4.69, 9.17) is 4.42 Å². The van der Waals surface area contributed by atoms with E-state index in [2.05, 4.69) is 12.1 Å². The van der Waals surface area contributed by atoms with Gasteiger partial charge in [-0.05, 0) is 48.9 Å². The minimum atomic E-state index is 0.152. The average molecular weight is 339 g/mol. The Balaban J connectivity index is 2.19. The minimum Gasteiger partial charge on any atom is -0.508 e. The molecule has 0 radical (unpaired) electrons.